The third kappa shape index (κ3) is 2.21. The number of thioether (sulfide) groups is 1. The van der Waals surface area contributed by atoms with Gasteiger partial charge in [0.15, 0.2) is 0 Å². The third-order valence-corrected chi connectivity index (χ3v) is 4.13. The van der Waals surface area contributed by atoms with E-state index in [2.05, 4.69) is 25.8 Å². The highest BCUT2D eigenvalue weighted by atomic mass is 32.2. The third-order valence-electron chi connectivity index (χ3n) is 2.54. The van der Waals surface area contributed by atoms with Crippen molar-refractivity contribution in [3.8, 4) is 0 Å². The first-order chi connectivity index (χ1) is 6.60. The van der Waals surface area contributed by atoms with E-state index in [1.165, 1.54) is 11.1 Å². The fourth-order valence-electron chi connectivity index (χ4n) is 1.42. The maximum Gasteiger partial charge on any atom is 0.0998 e. The summed E-state index contributed by atoms with van der Waals surface area (Å²) >= 11 is 1.85. The van der Waals surface area contributed by atoms with Crippen LogP contribution < -0.4 is 5.73 Å². The summed E-state index contributed by atoms with van der Waals surface area (Å²) in [5, 5.41) is 1.74. The second kappa shape index (κ2) is 4.69. The van der Waals surface area contributed by atoms with E-state index in [0.29, 0.717) is 5.25 Å². The van der Waals surface area contributed by atoms with E-state index < -0.39 is 0 Å². The smallest absolute Gasteiger partial charge is 0.0998 e. The van der Waals surface area contributed by atoms with E-state index in [4.69, 9.17) is 5.73 Å². The Kier molecular flexibility index (Phi) is 3.81. The lowest BCUT2D eigenvalue weighted by Crippen LogP contribution is -1.96. The Morgan fingerprint density at radius 3 is 2.64 bits per heavy atom. The van der Waals surface area contributed by atoms with Crippen LogP contribution in [0.2, 0.25) is 0 Å². The molecule has 0 aromatic heterocycles. The molecule has 0 aromatic carbocycles. The van der Waals surface area contributed by atoms with Gasteiger partial charge < -0.3 is 5.73 Å². The molecule has 0 radical (unpaired) electrons. The summed E-state index contributed by atoms with van der Waals surface area (Å²) in [7, 11) is 0. The molecular formula is C11H18N2S. The van der Waals surface area contributed by atoms with Crippen molar-refractivity contribution >= 4 is 16.8 Å². The molecule has 0 saturated heterocycles. The lowest BCUT2D eigenvalue weighted by Gasteiger charge is -2.05. The van der Waals surface area contributed by atoms with E-state index in [1.807, 2.05) is 18.7 Å². The van der Waals surface area contributed by atoms with Gasteiger partial charge in [0.2, 0.25) is 0 Å². The topological polar surface area (TPSA) is 38.4 Å². The number of nitrogens with zero attached hydrogens (tertiary/aromatic N) is 1. The SMILES string of the molecule is CCC1SC(=N/C(C)=C\N)C(C)=C1C. The summed E-state index contributed by atoms with van der Waals surface area (Å²) in [5.41, 5.74) is 9.07. The highest BCUT2D eigenvalue weighted by Crippen LogP contribution is 2.36. The van der Waals surface area contributed by atoms with Gasteiger partial charge in [-0.05, 0) is 32.8 Å². The molecule has 14 heavy (non-hydrogen) atoms. The summed E-state index contributed by atoms with van der Waals surface area (Å²) < 4.78 is 0. The van der Waals surface area contributed by atoms with Crippen LogP contribution in [0.25, 0.3) is 0 Å². The van der Waals surface area contributed by atoms with Crippen LogP contribution in [0, 0.1) is 0 Å². The van der Waals surface area contributed by atoms with E-state index in [0.717, 1.165) is 17.2 Å². The maximum absolute atomic E-state index is 5.40. The van der Waals surface area contributed by atoms with Crippen LogP contribution in [-0.2, 0) is 0 Å². The first-order valence-corrected chi connectivity index (χ1v) is 5.79. The molecule has 0 saturated carbocycles. The fraction of sp³-hybridized carbons (Fsp3) is 0.545. The normalized spacial score (nSPS) is 26.4. The Bertz CT molecular complexity index is 313. The Balaban J connectivity index is 2.93. The molecule has 0 aliphatic carbocycles. The first-order valence-electron chi connectivity index (χ1n) is 4.91. The van der Waals surface area contributed by atoms with Gasteiger partial charge in [-0.25, -0.2) is 4.99 Å². The minimum Gasteiger partial charge on any atom is -0.403 e. The minimum atomic E-state index is 0.610. The predicted molar refractivity (Wildman–Crippen MR) is 65.4 cm³/mol. The van der Waals surface area contributed by atoms with E-state index >= 15 is 0 Å². The standard InChI is InChI=1S/C11H18N2S/c1-5-10-8(3)9(4)11(14-10)13-7(2)6-12/h6,10H,5,12H2,1-4H3/b7-6-,13-11?. The molecule has 1 rings (SSSR count). The molecule has 0 bridgehead atoms. The average Bonchev–Trinajstić information content (AvgIpc) is 2.45. The van der Waals surface area contributed by atoms with Crippen LogP contribution >= 0.6 is 11.8 Å². The van der Waals surface area contributed by atoms with Crippen molar-refractivity contribution in [2.45, 2.75) is 39.4 Å². The van der Waals surface area contributed by atoms with E-state index in [9.17, 15) is 0 Å². The van der Waals surface area contributed by atoms with Gasteiger partial charge in [0, 0.05) is 11.4 Å². The van der Waals surface area contributed by atoms with Gasteiger partial charge in [0.25, 0.3) is 0 Å². The maximum atomic E-state index is 5.40. The van der Waals surface area contributed by atoms with E-state index in [1.54, 1.807) is 6.20 Å². The van der Waals surface area contributed by atoms with Crippen LogP contribution in [0.1, 0.15) is 34.1 Å². The van der Waals surface area contributed by atoms with Gasteiger partial charge in [-0.2, -0.15) is 0 Å². The van der Waals surface area contributed by atoms with Gasteiger partial charge >= 0.3 is 0 Å². The van der Waals surface area contributed by atoms with Crippen LogP contribution in [0.4, 0.5) is 0 Å². The van der Waals surface area contributed by atoms with Crippen molar-refractivity contribution in [2.24, 2.45) is 10.7 Å². The Morgan fingerprint density at radius 1 is 1.57 bits per heavy atom. The zero-order valence-electron chi connectivity index (χ0n) is 9.29. The lowest BCUT2D eigenvalue weighted by atomic mass is 10.1. The first kappa shape index (κ1) is 11.4. The van der Waals surface area contributed by atoms with Crippen LogP contribution in [0.3, 0.4) is 0 Å². The summed E-state index contributed by atoms with van der Waals surface area (Å²) in [6.45, 7) is 8.47. The molecule has 1 aliphatic heterocycles. The summed E-state index contributed by atoms with van der Waals surface area (Å²) in [5.74, 6) is 0. The van der Waals surface area contributed by atoms with Gasteiger partial charge in [-0.15, -0.1) is 0 Å². The second-order valence-electron chi connectivity index (χ2n) is 3.55. The van der Waals surface area contributed by atoms with Crippen molar-refractivity contribution in [3.63, 3.8) is 0 Å². The number of nitrogens with two attached hydrogens (primary N) is 1. The Morgan fingerprint density at radius 2 is 2.21 bits per heavy atom. The Hall–Kier alpha value is -0.700. The predicted octanol–water partition coefficient (Wildman–Crippen LogP) is 3.07. The molecule has 1 heterocycles. The molecule has 1 aliphatic rings. The number of hydrogen-bond acceptors (Lipinski definition) is 3. The zero-order chi connectivity index (χ0) is 10.7. The highest BCUT2D eigenvalue weighted by Gasteiger charge is 2.24. The van der Waals surface area contributed by atoms with Gasteiger partial charge in [-0.1, -0.05) is 24.3 Å². The molecule has 1 atom stereocenters. The van der Waals surface area contributed by atoms with Crippen LogP contribution in [-0.4, -0.2) is 10.3 Å². The molecule has 78 valence electrons. The Labute approximate surface area is 90.4 Å². The molecule has 0 amide bonds. The molecule has 1 unspecified atom stereocenters. The number of allylic oxidation sites excluding steroid dienone is 1. The minimum absolute atomic E-state index is 0.610. The number of aliphatic imine (C=N–C) groups is 1. The average molecular weight is 210 g/mol. The number of rotatable bonds is 2. The molecule has 0 fully saturated rings. The van der Waals surface area contributed by atoms with Crippen molar-refractivity contribution in [2.75, 3.05) is 0 Å². The largest absolute Gasteiger partial charge is 0.403 e. The fourth-order valence-corrected chi connectivity index (χ4v) is 2.74. The molecule has 3 heteroatoms. The molecule has 0 spiro atoms. The van der Waals surface area contributed by atoms with Gasteiger partial charge in [0.05, 0.1) is 10.7 Å². The van der Waals surface area contributed by atoms with Crippen LogP contribution in [0.15, 0.2) is 28.0 Å². The van der Waals surface area contributed by atoms with Crippen molar-refractivity contribution in [1.82, 2.24) is 0 Å². The summed E-state index contributed by atoms with van der Waals surface area (Å²) in [4.78, 5) is 4.48. The van der Waals surface area contributed by atoms with E-state index in [-0.39, 0.29) is 0 Å². The summed E-state index contributed by atoms with van der Waals surface area (Å²) in [6, 6.07) is 0. The summed E-state index contributed by atoms with van der Waals surface area (Å²) in [6.07, 6.45) is 2.72. The highest BCUT2D eigenvalue weighted by molar-refractivity contribution is 8.15. The molecule has 0 aromatic rings. The van der Waals surface area contributed by atoms with Crippen LogP contribution in [0.5, 0.6) is 0 Å². The lowest BCUT2D eigenvalue weighted by molar-refractivity contribution is 0.928. The molecular weight excluding hydrogens is 192 g/mol. The second-order valence-corrected chi connectivity index (χ2v) is 4.74. The van der Waals surface area contributed by atoms with Crippen molar-refractivity contribution in [3.05, 3.63) is 23.0 Å². The molecule has 2 N–H and O–H groups in total. The molecule has 2 nitrogen and oxygen atoms in total. The monoisotopic (exact) mass is 210 g/mol. The van der Waals surface area contributed by atoms with Gasteiger partial charge in [-0.3, -0.25) is 0 Å². The number of hydrogen-bond donors (Lipinski definition) is 1. The van der Waals surface area contributed by atoms with Crippen molar-refractivity contribution in [1.29, 1.82) is 0 Å². The quantitative estimate of drug-likeness (QED) is 0.760. The van der Waals surface area contributed by atoms with Crippen molar-refractivity contribution < 1.29 is 0 Å². The zero-order valence-corrected chi connectivity index (χ0v) is 10.1. The van der Waals surface area contributed by atoms with Gasteiger partial charge in [0.1, 0.15) is 0 Å².